The molecule has 0 unspecified atom stereocenters. The van der Waals surface area contributed by atoms with Crippen LogP contribution in [0.3, 0.4) is 0 Å². The minimum absolute atomic E-state index is 0.190. The summed E-state index contributed by atoms with van der Waals surface area (Å²) >= 11 is 0. The molecule has 5 heteroatoms. The summed E-state index contributed by atoms with van der Waals surface area (Å²) in [4.78, 5) is 26.0. The zero-order valence-electron chi connectivity index (χ0n) is 13.3. The van der Waals surface area contributed by atoms with E-state index >= 15 is 0 Å². The van der Waals surface area contributed by atoms with Gasteiger partial charge >= 0.3 is 6.09 Å². The number of hydrogen-bond donors (Lipinski definition) is 0. The van der Waals surface area contributed by atoms with E-state index in [2.05, 4.69) is 0 Å². The Morgan fingerprint density at radius 1 is 1.21 bits per heavy atom. The maximum Gasteiger partial charge on any atom is 0.417 e. The van der Waals surface area contributed by atoms with Crippen LogP contribution in [-0.4, -0.2) is 29.5 Å². The number of cyclic esters (lactones) is 1. The maximum atomic E-state index is 13.0. The molecule has 2 aromatic rings. The second-order valence-corrected chi connectivity index (χ2v) is 5.90. The van der Waals surface area contributed by atoms with E-state index in [0.717, 1.165) is 5.56 Å². The van der Waals surface area contributed by atoms with Crippen LogP contribution in [-0.2, 0) is 16.0 Å². The van der Waals surface area contributed by atoms with Crippen molar-refractivity contribution in [2.45, 2.75) is 25.3 Å². The van der Waals surface area contributed by atoms with E-state index < -0.39 is 12.0 Å². The van der Waals surface area contributed by atoms with E-state index in [1.807, 2.05) is 30.3 Å². The molecule has 1 aliphatic rings. The summed E-state index contributed by atoms with van der Waals surface area (Å²) < 4.78 is 18.1. The van der Waals surface area contributed by atoms with Gasteiger partial charge in [-0.3, -0.25) is 4.79 Å². The first-order valence-electron chi connectivity index (χ1n) is 7.85. The Hall–Kier alpha value is -2.69. The number of nitrogens with zero attached hydrogens (tertiary/aromatic N) is 1. The minimum Gasteiger partial charge on any atom is -0.447 e. The highest BCUT2D eigenvalue weighted by molar-refractivity contribution is 5.97. The summed E-state index contributed by atoms with van der Waals surface area (Å²) in [5.74, 6) is -1.24. The molecule has 124 valence electrons. The SMILES string of the molecule is C[C@H](C(=O)N1C(=O)OC[C@@H]1Cc1ccccc1)c1ccc(F)cc1. The van der Waals surface area contributed by atoms with Crippen LogP contribution in [0.5, 0.6) is 0 Å². The van der Waals surface area contributed by atoms with Crippen LogP contribution in [0.2, 0.25) is 0 Å². The average Bonchev–Trinajstić information content (AvgIpc) is 2.95. The quantitative estimate of drug-likeness (QED) is 0.863. The van der Waals surface area contributed by atoms with E-state index in [1.54, 1.807) is 19.1 Å². The van der Waals surface area contributed by atoms with Crippen molar-refractivity contribution >= 4 is 12.0 Å². The summed E-state index contributed by atoms with van der Waals surface area (Å²) in [5, 5.41) is 0. The Kier molecular flexibility index (Phi) is 4.60. The molecule has 2 aromatic carbocycles. The van der Waals surface area contributed by atoms with Gasteiger partial charge in [-0.15, -0.1) is 0 Å². The van der Waals surface area contributed by atoms with Gasteiger partial charge in [0.25, 0.3) is 0 Å². The van der Waals surface area contributed by atoms with Gasteiger partial charge in [-0.25, -0.2) is 14.1 Å². The van der Waals surface area contributed by atoms with Gasteiger partial charge in [0.05, 0.1) is 12.0 Å². The lowest BCUT2D eigenvalue weighted by Gasteiger charge is -2.23. The molecule has 3 rings (SSSR count). The lowest BCUT2D eigenvalue weighted by atomic mass is 9.98. The van der Waals surface area contributed by atoms with Crippen molar-refractivity contribution in [3.05, 3.63) is 71.5 Å². The summed E-state index contributed by atoms with van der Waals surface area (Å²) in [5.41, 5.74) is 1.70. The number of hydrogen-bond acceptors (Lipinski definition) is 3. The van der Waals surface area contributed by atoms with Crippen molar-refractivity contribution in [1.29, 1.82) is 0 Å². The molecule has 1 heterocycles. The number of halogens is 1. The Balaban J connectivity index is 1.78. The predicted octanol–water partition coefficient (Wildman–Crippen LogP) is 3.52. The highest BCUT2D eigenvalue weighted by atomic mass is 19.1. The highest BCUT2D eigenvalue weighted by Crippen LogP contribution is 2.24. The van der Waals surface area contributed by atoms with Crippen LogP contribution in [0.25, 0.3) is 0 Å². The fraction of sp³-hybridized carbons (Fsp3) is 0.263. The fourth-order valence-electron chi connectivity index (χ4n) is 2.87. The third-order valence-corrected chi connectivity index (χ3v) is 4.25. The van der Waals surface area contributed by atoms with Crippen LogP contribution in [0.15, 0.2) is 54.6 Å². The molecular weight excluding hydrogens is 309 g/mol. The third-order valence-electron chi connectivity index (χ3n) is 4.25. The molecule has 0 saturated carbocycles. The van der Waals surface area contributed by atoms with Crippen molar-refractivity contribution in [1.82, 2.24) is 4.90 Å². The van der Waals surface area contributed by atoms with Gasteiger partial charge in [-0.1, -0.05) is 42.5 Å². The smallest absolute Gasteiger partial charge is 0.417 e. The predicted molar refractivity (Wildman–Crippen MR) is 86.9 cm³/mol. The Morgan fingerprint density at radius 3 is 2.54 bits per heavy atom. The molecule has 0 bridgehead atoms. The molecule has 24 heavy (non-hydrogen) atoms. The van der Waals surface area contributed by atoms with Crippen molar-refractivity contribution in [2.24, 2.45) is 0 Å². The standard InChI is InChI=1S/C19H18FNO3/c1-13(15-7-9-16(20)10-8-15)18(22)21-17(12-24-19(21)23)11-14-5-3-2-4-6-14/h2-10,13,17H,11-12H2,1H3/t13-,17-/m0/s1. The Labute approximate surface area is 139 Å². The zero-order chi connectivity index (χ0) is 17.1. The second-order valence-electron chi connectivity index (χ2n) is 5.90. The zero-order valence-corrected chi connectivity index (χ0v) is 13.3. The maximum absolute atomic E-state index is 13.0. The molecular formula is C19H18FNO3. The molecule has 4 nitrogen and oxygen atoms in total. The number of imide groups is 1. The fourth-order valence-corrected chi connectivity index (χ4v) is 2.87. The van der Waals surface area contributed by atoms with Crippen molar-refractivity contribution in [3.8, 4) is 0 Å². The number of carbonyl (C=O) groups excluding carboxylic acids is 2. The molecule has 0 N–H and O–H groups in total. The molecule has 0 aromatic heterocycles. The molecule has 2 amide bonds. The number of ether oxygens (including phenoxy) is 1. The summed E-state index contributed by atoms with van der Waals surface area (Å²) in [6.07, 6.45) is -0.0658. The van der Waals surface area contributed by atoms with Crippen molar-refractivity contribution < 1.29 is 18.7 Å². The Morgan fingerprint density at radius 2 is 1.88 bits per heavy atom. The first kappa shape index (κ1) is 16.2. The van der Waals surface area contributed by atoms with Gasteiger partial charge in [-0.2, -0.15) is 0 Å². The molecule has 0 spiro atoms. The van der Waals surface area contributed by atoms with Crippen LogP contribution in [0.4, 0.5) is 9.18 Å². The molecule has 1 fully saturated rings. The largest absolute Gasteiger partial charge is 0.447 e. The Bertz CT molecular complexity index is 730. The van der Waals surface area contributed by atoms with Crippen molar-refractivity contribution in [2.75, 3.05) is 6.61 Å². The highest BCUT2D eigenvalue weighted by Gasteiger charge is 2.39. The van der Waals surface area contributed by atoms with Gasteiger partial charge in [0, 0.05) is 0 Å². The number of benzene rings is 2. The minimum atomic E-state index is -0.616. The molecule has 1 saturated heterocycles. The van der Waals surface area contributed by atoms with Crippen LogP contribution < -0.4 is 0 Å². The van der Waals surface area contributed by atoms with E-state index in [1.165, 1.54) is 17.0 Å². The van der Waals surface area contributed by atoms with E-state index in [-0.39, 0.29) is 24.4 Å². The average molecular weight is 327 g/mol. The number of carbonyl (C=O) groups is 2. The monoisotopic (exact) mass is 327 g/mol. The molecule has 2 atom stereocenters. The van der Waals surface area contributed by atoms with Crippen LogP contribution >= 0.6 is 0 Å². The van der Waals surface area contributed by atoms with Gasteiger partial charge in [0.2, 0.25) is 5.91 Å². The van der Waals surface area contributed by atoms with E-state index in [9.17, 15) is 14.0 Å². The van der Waals surface area contributed by atoms with E-state index in [0.29, 0.717) is 12.0 Å². The molecule has 0 aliphatic carbocycles. The van der Waals surface area contributed by atoms with E-state index in [4.69, 9.17) is 4.74 Å². The topological polar surface area (TPSA) is 46.6 Å². The third kappa shape index (κ3) is 3.30. The summed E-state index contributed by atoms with van der Waals surface area (Å²) in [6.45, 7) is 1.90. The normalized spacial score (nSPS) is 18.3. The van der Waals surface area contributed by atoms with Crippen LogP contribution in [0, 0.1) is 5.82 Å². The summed E-state index contributed by atoms with van der Waals surface area (Å²) in [6, 6.07) is 15.1. The second kappa shape index (κ2) is 6.83. The summed E-state index contributed by atoms with van der Waals surface area (Å²) in [7, 11) is 0. The lowest BCUT2D eigenvalue weighted by molar-refractivity contribution is -0.130. The molecule has 0 radical (unpaired) electrons. The van der Waals surface area contributed by atoms with Gasteiger partial charge in [0.1, 0.15) is 12.4 Å². The lowest BCUT2D eigenvalue weighted by Crippen LogP contribution is -2.42. The first-order valence-corrected chi connectivity index (χ1v) is 7.85. The number of rotatable bonds is 4. The van der Waals surface area contributed by atoms with Crippen molar-refractivity contribution in [3.63, 3.8) is 0 Å². The van der Waals surface area contributed by atoms with Gasteiger partial charge < -0.3 is 4.74 Å². The molecule has 1 aliphatic heterocycles. The van der Waals surface area contributed by atoms with Gasteiger partial charge in [-0.05, 0) is 36.6 Å². The van der Waals surface area contributed by atoms with Gasteiger partial charge in [0.15, 0.2) is 0 Å². The van der Waals surface area contributed by atoms with Crippen LogP contribution in [0.1, 0.15) is 24.0 Å². The number of amides is 2. The first-order chi connectivity index (χ1) is 11.6.